The van der Waals surface area contributed by atoms with Gasteiger partial charge in [0.25, 0.3) is 17.2 Å². The Morgan fingerprint density at radius 2 is 1.52 bits per heavy atom. The van der Waals surface area contributed by atoms with E-state index in [9.17, 15) is 24.0 Å². The summed E-state index contributed by atoms with van der Waals surface area (Å²) in [6.45, 7) is 0. The average molecular weight is 595 g/mol. The van der Waals surface area contributed by atoms with Crippen molar-refractivity contribution < 1.29 is 33.8 Å². The van der Waals surface area contributed by atoms with Gasteiger partial charge in [-0.15, -0.1) is 0 Å². The molecule has 4 N–H and O–H groups in total. The number of anilines is 2. The zero-order valence-corrected chi connectivity index (χ0v) is 23.1. The number of methoxy groups -OCH3 is 2. The number of ether oxygens (including phenoxy) is 2. The summed E-state index contributed by atoms with van der Waals surface area (Å²) < 4.78 is 11.4. The molecule has 5 heterocycles. The highest BCUT2D eigenvalue weighted by Crippen LogP contribution is 2.29. The molecular formula is C30H22N6O8. The van der Waals surface area contributed by atoms with Crippen molar-refractivity contribution in [3.05, 3.63) is 106 Å². The Bertz CT molecular complexity index is 2060. The minimum absolute atomic E-state index is 0.0926. The van der Waals surface area contributed by atoms with Gasteiger partial charge in [0.15, 0.2) is 5.82 Å². The van der Waals surface area contributed by atoms with Gasteiger partial charge in [0.2, 0.25) is 5.78 Å². The summed E-state index contributed by atoms with van der Waals surface area (Å²) in [7, 11) is 3.04. The highest BCUT2D eigenvalue weighted by molar-refractivity contribution is 6.51. The number of nitrogens with zero attached hydrogens (tertiary/aromatic N) is 4. The van der Waals surface area contributed by atoms with Crippen LogP contribution < -0.4 is 26.1 Å². The number of hydrogen-bond acceptors (Lipinski definition) is 11. The number of carbonyl (C=O) groups is 4. The van der Waals surface area contributed by atoms with Crippen LogP contribution in [0.25, 0.3) is 16.6 Å². The number of nitrogens with two attached hydrogens (primary N) is 1. The van der Waals surface area contributed by atoms with Crippen molar-refractivity contribution in [2.75, 3.05) is 25.3 Å². The van der Waals surface area contributed by atoms with E-state index in [1.807, 2.05) is 0 Å². The lowest BCUT2D eigenvalue weighted by Gasteiger charge is -2.05. The maximum Gasteiger partial charge on any atom is 0.337 e. The van der Waals surface area contributed by atoms with E-state index in [1.54, 1.807) is 42.5 Å². The van der Waals surface area contributed by atoms with Gasteiger partial charge in [-0.1, -0.05) is 0 Å². The van der Waals surface area contributed by atoms with Crippen molar-refractivity contribution in [3.8, 4) is 17.2 Å². The number of aromatic carboxylic acids is 1. The van der Waals surface area contributed by atoms with Crippen molar-refractivity contribution in [1.29, 1.82) is 0 Å². The van der Waals surface area contributed by atoms with Crippen molar-refractivity contribution in [1.82, 2.24) is 19.5 Å². The van der Waals surface area contributed by atoms with Crippen LogP contribution in [0.15, 0.2) is 78.1 Å². The fraction of sp³-hybridized carbons (Fsp3) is 0.0667. The van der Waals surface area contributed by atoms with Crippen LogP contribution in [-0.4, -0.2) is 62.3 Å². The molecular weight excluding hydrogens is 572 g/mol. The number of fused-ring (bicyclic) bond motifs is 5. The number of carboxylic acid groups (broad SMARTS) is 1. The number of benzene rings is 2. The van der Waals surface area contributed by atoms with Gasteiger partial charge in [0, 0.05) is 12.4 Å². The van der Waals surface area contributed by atoms with E-state index >= 15 is 0 Å². The second-order valence-corrected chi connectivity index (χ2v) is 9.14. The summed E-state index contributed by atoms with van der Waals surface area (Å²) in [4.78, 5) is 69.3. The number of hydrogen-bond donors (Lipinski definition) is 3. The topological polar surface area (TPSA) is 206 Å². The Balaban J connectivity index is 0.000000143. The summed E-state index contributed by atoms with van der Waals surface area (Å²) in [6, 6.07) is 12.9. The molecule has 0 spiro atoms. The Morgan fingerprint density at radius 1 is 0.864 bits per heavy atom. The molecule has 1 amide bonds. The van der Waals surface area contributed by atoms with Crippen molar-refractivity contribution in [2.45, 2.75) is 0 Å². The maximum absolute atomic E-state index is 12.6. The molecule has 5 aromatic rings. The van der Waals surface area contributed by atoms with Crippen molar-refractivity contribution in [2.24, 2.45) is 0 Å². The van der Waals surface area contributed by atoms with Crippen LogP contribution in [0.3, 0.4) is 0 Å². The largest absolute Gasteiger partial charge is 0.497 e. The van der Waals surface area contributed by atoms with Gasteiger partial charge < -0.3 is 25.6 Å². The number of nitrogen functional groups attached to an aromatic ring is 1. The fourth-order valence-electron chi connectivity index (χ4n) is 4.40. The lowest BCUT2D eigenvalue weighted by Crippen LogP contribution is -2.21. The molecule has 44 heavy (non-hydrogen) atoms. The first-order chi connectivity index (χ1) is 21.1. The van der Waals surface area contributed by atoms with Gasteiger partial charge in [-0.2, -0.15) is 0 Å². The first kappa shape index (κ1) is 29.1. The SMILES string of the molecule is COc1ccc2c(c1)C(=O)C(=O)N2.COc1ccc2c(c1)C(=O)c1nc3cnccc3c(=O)n1-2.Nc1cnccc1C(=O)O. The van der Waals surface area contributed by atoms with E-state index in [0.717, 1.165) is 0 Å². The van der Waals surface area contributed by atoms with Gasteiger partial charge >= 0.3 is 5.97 Å². The van der Waals surface area contributed by atoms with E-state index in [1.165, 1.54) is 49.6 Å². The molecule has 14 heteroatoms. The molecule has 0 radical (unpaired) electrons. The molecule has 2 aromatic carbocycles. The third kappa shape index (κ3) is 5.30. The molecule has 2 aliphatic rings. The lowest BCUT2D eigenvalue weighted by molar-refractivity contribution is -0.112. The van der Waals surface area contributed by atoms with Crippen LogP contribution >= 0.6 is 0 Å². The minimum atomic E-state index is -1.03. The molecule has 220 valence electrons. The van der Waals surface area contributed by atoms with Gasteiger partial charge in [-0.05, 0) is 48.5 Å². The van der Waals surface area contributed by atoms with Gasteiger partial charge in [0.05, 0.1) is 71.3 Å². The average Bonchev–Trinajstić information content (AvgIpc) is 3.48. The smallest absolute Gasteiger partial charge is 0.337 e. The molecule has 0 fully saturated rings. The molecule has 0 bridgehead atoms. The predicted molar refractivity (Wildman–Crippen MR) is 157 cm³/mol. The van der Waals surface area contributed by atoms with Crippen LogP contribution in [0.5, 0.6) is 11.5 Å². The molecule has 3 aromatic heterocycles. The van der Waals surface area contributed by atoms with E-state index < -0.39 is 17.7 Å². The van der Waals surface area contributed by atoms with Crippen molar-refractivity contribution in [3.63, 3.8) is 0 Å². The molecule has 2 aliphatic heterocycles. The number of carbonyl (C=O) groups excluding carboxylic acids is 3. The Labute approximate surface area is 247 Å². The Kier molecular flexibility index (Phi) is 7.80. The number of Topliss-reactive ketones (excluding diaryl/α,β-unsaturated/α-hetero) is 1. The van der Waals surface area contributed by atoms with E-state index in [0.29, 0.717) is 44.9 Å². The third-order valence-electron chi connectivity index (χ3n) is 6.57. The highest BCUT2D eigenvalue weighted by Gasteiger charge is 2.31. The second kappa shape index (κ2) is 11.8. The van der Waals surface area contributed by atoms with Crippen LogP contribution in [-0.2, 0) is 4.79 Å². The Morgan fingerprint density at radius 3 is 2.18 bits per heavy atom. The number of rotatable bonds is 3. The first-order valence-corrected chi connectivity index (χ1v) is 12.7. The number of amides is 1. The molecule has 14 nitrogen and oxygen atoms in total. The normalized spacial score (nSPS) is 12.1. The van der Waals surface area contributed by atoms with Crippen LogP contribution in [0, 0.1) is 0 Å². The van der Waals surface area contributed by atoms with E-state index in [-0.39, 0.29) is 28.4 Å². The monoisotopic (exact) mass is 594 g/mol. The Hall–Kier alpha value is -6.44. The summed E-state index contributed by atoms with van der Waals surface area (Å²) in [5.74, 6) is -1.15. The zero-order valence-electron chi connectivity index (χ0n) is 23.1. The van der Waals surface area contributed by atoms with E-state index in [2.05, 4.69) is 20.3 Å². The maximum atomic E-state index is 12.6. The zero-order chi connectivity index (χ0) is 31.5. The fourth-order valence-corrected chi connectivity index (χ4v) is 4.40. The molecule has 0 saturated heterocycles. The summed E-state index contributed by atoms with van der Waals surface area (Å²) in [5.41, 5.74) is 7.59. The number of ketones is 2. The lowest BCUT2D eigenvalue weighted by atomic mass is 10.1. The van der Waals surface area contributed by atoms with E-state index in [4.69, 9.17) is 20.3 Å². The standard InChI is InChI=1S/C15H9N3O3.C9H7NO3.C6H6N2O2/c1-21-8-2-3-12-10(6-8)13(19)14-17-11-7-16-5-4-9(11)15(20)18(12)14;1-13-5-2-3-7-6(4-5)8(11)9(12)10-7;7-5-3-8-2-1-4(5)6(9)10/h2-7H,1H3;2-4H,1H3,(H,10,11,12);1-3H,7H2,(H,9,10). The number of nitrogens with one attached hydrogen (secondary N) is 1. The van der Waals surface area contributed by atoms with Gasteiger partial charge in [0.1, 0.15) is 11.5 Å². The highest BCUT2D eigenvalue weighted by atomic mass is 16.5. The van der Waals surface area contributed by atoms with Gasteiger partial charge in [-0.3, -0.25) is 33.7 Å². The second-order valence-electron chi connectivity index (χ2n) is 9.14. The molecule has 0 saturated carbocycles. The number of aromatic nitrogens is 4. The van der Waals surface area contributed by atoms with Gasteiger partial charge in [-0.25, -0.2) is 9.78 Å². The number of pyridine rings is 2. The molecule has 0 atom stereocenters. The molecule has 7 rings (SSSR count). The summed E-state index contributed by atoms with van der Waals surface area (Å²) in [6.07, 6.45) is 5.71. The van der Waals surface area contributed by atoms with Crippen molar-refractivity contribution >= 4 is 45.7 Å². The molecule has 0 aliphatic carbocycles. The number of carboxylic acids is 1. The first-order valence-electron chi connectivity index (χ1n) is 12.7. The molecule has 0 unspecified atom stereocenters. The van der Waals surface area contributed by atoms with Crippen LogP contribution in [0.2, 0.25) is 0 Å². The summed E-state index contributed by atoms with van der Waals surface area (Å²) in [5, 5.41) is 11.3. The van der Waals surface area contributed by atoms with Crippen LogP contribution in [0.1, 0.15) is 36.9 Å². The summed E-state index contributed by atoms with van der Waals surface area (Å²) >= 11 is 0. The third-order valence-corrected chi connectivity index (χ3v) is 6.57. The quantitative estimate of drug-likeness (QED) is 0.253. The minimum Gasteiger partial charge on any atom is -0.497 e. The van der Waals surface area contributed by atoms with Crippen LogP contribution in [0.4, 0.5) is 11.4 Å². The predicted octanol–water partition coefficient (Wildman–Crippen LogP) is 2.53.